The van der Waals surface area contributed by atoms with Crippen LogP contribution < -0.4 is 4.74 Å². The molecule has 2 rings (SSSR count). The first-order valence-electron chi connectivity index (χ1n) is 5.01. The van der Waals surface area contributed by atoms with Crippen molar-refractivity contribution in [3.63, 3.8) is 0 Å². The number of hydrogen-bond donors (Lipinski definition) is 0. The molecule has 0 bridgehead atoms. The van der Waals surface area contributed by atoms with Crippen molar-refractivity contribution >= 4 is 0 Å². The molecule has 0 N–H and O–H groups in total. The highest BCUT2D eigenvalue weighted by atomic mass is 16.5. The lowest BCUT2D eigenvalue weighted by molar-refractivity contribution is 0.0251. The first-order chi connectivity index (χ1) is 6.86. The van der Waals surface area contributed by atoms with Gasteiger partial charge in [-0.1, -0.05) is 0 Å². The lowest BCUT2D eigenvalue weighted by atomic mass is 10.1. The van der Waals surface area contributed by atoms with E-state index < -0.39 is 0 Å². The predicted octanol–water partition coefficient (Wildman–Crippen LogP) is 1.95. The first-order valence-corrected chi connectivity index (χ1v) is 5.01. The average Bonchev–Trinajstić information content (AvgIpc) is 2.23. The first kappa shape index (κ1) is 9.46. The Morgan fingerprint density at radius 1 is 1.43 bits per heavy atom. The van der Waals surface area contributed by atoms with E-state index in [9.17, 15) is 0 Å². The smallest absolute Gasteiger partial charge is 0.140 e. The number of pyridine rings is 1. The zero-order valence-corrected chi connectivity index (χ0v) is 8.40. The summed E-state index contributed by atoms with van der Waals surface area (Å²) in [5.41, 5.74) is 1.14. The quantitative estimate of drug-likeness (QED) is 0.719. The van der Waals surface area contributed by atoms with Crippen LogP contribution in [0.15, 0.2) is 18.5 Å². The van der Waals surface area contributed by atoms with Crippen LogP contribution in [0.5, 0.6) is 5.75 Å². The molecule has 0 unspecified atom stereocenters. The van der Waals surface area contributed by atoms with E-state index in [4.69, 9.17) is 9.47 Å². The Morgan fingerprint density at radius 2 is 2.21 bits per heavy atom. The van der Waals surface area contributed by atoms with Crippen LogP contribution in [-0.4, -0.2) is 24.3 Å². The van der Waals surface area contributed by atoms with Crippen LogP contribution in [0.1, 0.15) is 18.4 Å². The summed E-state index contributed by atoms with van der Waals surface area (Å²) in [6, 6.07) is 1.97. The summed E-state index contributed by atoms with van der Waals surface area (Å²) in [4.78, 5) is 4.05. The number of ether oxygens (including phenoxy) is 2. The summed E-state index contributed by atoms with van der Waals surface area (Å²) in [5, 5.41) is 0. The molecule has 1 aliphatic rings. The van der Waals surface area contributed by atoms with Crippen molar-refractivity contribution in [2.24, 2.45) is 0 Å². The molecule has 0 aliphatic carbocycles. The molecule has 2 heterocycles. The van der Waals surface area contributed by atoms with Crippen molar-refractivity contribution in [2.75, 3.05) is 13.2 Å². The van der Waals surface area contributed by atoms with Crippen LogP contribution in [-0.2, 0) is 4.74 Å². The fourth-order valence-corrected chi connectivity index (χ4v) is 1.55. The molecule has 3 nitrogen and oxygen atoms in total. The summed E-state index contributed by atoms with van der Waals surface area (Å²) in [7, 11) is 0. The molecule has 1 aromatic heterocycles. The predicted molar refractivity (Wildman–Crippen MR) is 53.4 cm³/mol. The van der Waals surface area contributed by atoms with Crippen molar-refractivity contribution in [1.82, 2.24) is 4.98 Å². The summed E-state index contributed by atoms with van der Waals surface area (Å²) < 4.78 is 11.1. The van der Waals surface area contributed by atoms with Gasteiger partial charge in [-0.2, -0.15) is 0 Å². The van der Waals surface area contributed by atoms with Crippen LogP contribution in [0.3, 0.4) is 0 Å². The largest absolute Gasteiger partial charge is 0.488 e. The minimum absolute atomic E-state index is 0.298. The highest BCUT2D eigenvalue weighted by Gasteiger charge is 2.15. The van der Waals surface area contributed by atoms with Crippen molar-refractivity contribution < 1.29 is 9.47 Å². The van der Waals surface area contributed by atoms with Crippen molar-refractivity contribution in [3.8, 4) is 5.75 Å². The molecule has 3 heteroatoms. The van der Waals surface area contributed by atoms with E-state index in [1.54, 1.807) is 12.4 Å². The molecule has 0 radical (unpaired) electrons. The fraction of sp³-hybridized carbons (Fsp3) is 0.545. The Labute approximate surface area is 84.1 Å². The van der Waals surface area contributed by atoms with Crippen LogP contribution in [0.4, 0.5) is 0 Å². The number of rotatable bonds is 2. The van der Waals surface area contributed by atoms with Crippen molar-refractivity contribution in [2.45, 2.75) is 25.9 Å². The summed E-state index contributed by atoms with van der Waals surface area (Å²) >= 11 is 0. The van der Waals surface area contributed by atoms with Crippen LogP contribution >= 0.6 is 0 Å². The second-order valence-electron chi connectivity index (χ2n) is 3.57. The van der Waals surface area contributed by atoms with Gasteiger partial charge in [-0.25, -0.2) is 0 Å². The van der Waals surface area contributed by atoms with E-state index in [0.29, 0.717) is 6.10 Å². The highest BCUT2D eigenvalue weighted by Crippen LogP contribution is 2.20. The Morgan fingerprint density at radius 3 is 2.93 bits per heavy atom. The highest BCUT2D eigenvalue weighted by molar-refractivity contribution is 5.28. The molecule has 1 aromatic rings. The van der Waals surface area contributed by atoms with Crippen molar-refractivity contribution in [1.29, 1.82) is 0 Å². The minimum Gasteiger partial charge on any atom is -0.488 e. The standard InChI is InChI=1S/C11H15NO2/c1-9-2-5-12-8-11(9)14-10-3-6-13-7-4-10/h2,5,8,10H,3-4,6-7H2,1H3. The second-order valence-corrected chi connectivity index (χ2v) is 3.57. The number of hydrogen-bond acceptors (Lipinski definition) is 3. The molecule has 0 atom stereocenters. The average molecular weight is 193 g/mol. The Kier molecular flexibility index (Phi) is 2.99. The maximum Gasteiger partial charge on any atom is 0.140 e. The Bertz CT molecular complexity index is 295. The maximum atomic E-state index is 5.84. The van der Waals surface area contributed by atoms with Crippen LogP contribution in [0.2, 0.25) is 0 Å². The Balaban J connectivity index is 1.99. The van der Waals surface area contributed by atoms with Gasteiger partial charge in [0.2, 0.25) is 0 Å². The normalized spacial score (nSPS) is 18.1. The van der Waals surface area contributed by atoms with E-state index in [1.165, 1.54) is 0 Å². The number of aromatic nitrogens is 1. The molecule has 1 saturated heterocycles. The number of aryl methyl sites for hydroxylation is 1. The third-order valence-corrected chi connectivity index (χ3v) is 2.45. The van der Waals surface area contributed by atoms with Gasteiger partial charge in [0.05, 0.1) is 19.4 Å². The van der Waals surface area contributed by atoms with Gasteiger partial charge in [0.25, 0.3) is 0 Å². The molecule has 76 valence electrons. The Hall–Kier alpha value is -1.09. The third-order valence-electron chi connectivity index (χ3n) is 2.45. The SMILES string of the molecule is Cc1ccncc1OC1CCOCC1. The molecule has 0 spiro atoms. The number of nitrogens with zero attached hydrogens (tertiary/aromatic N) is 1. The van der Waals surface area contributed by atoms with Gasteiger partial charge in [-0.15, -0.1) is 0 Å². The van der Waals surface area contributed by atoms with E-state index >= 15 is 0 Å². The second kappa shape index (κ2) is 4.42. The fourth-order valence-electron chi connectivity index (χ4n) is 1.55. The van der Waals surface area contributed by atoms with Gasteiger partial charge in [0.15, 0.2) is 0 Å². The maximum absolute atomic E-state index is 5.84. The minimum atomic E-state index is 0.298. The van der Waals surface area contributed by atoms with Crippen molar-refractivity contribution in [3.05, 3.63) is 24.0 Å². The van der Waals surface area contributed by atoms with Gasteiger partial charge < -0.3 is 9.47 Å². The molecule has 1 aliphatic heterocycles. The zero-order chi connectivity index (χ0) is 9.80. The molecule has 0 aromatic carbocycles. The third kappa shape index (κ3) is 2.23. The van der Waals surface area contributed by atoms with Gasteiger partial charge in [0, 0.05) is 19.0 Å². The summed E-state index contributed by atoms with van der Waals surface area (Å²) in [6.45, 7) is 3.66. The topological polar surface area (TPSA) is 31.4 Å². The van der Waals surface area contributed by atoms with Gasteiger partial charge >= 0.3 is 0 Å². The van der Waals surface area contributed by atoms with E-state index in [1.807, 2.05) is 13.0 Å². The molecule has 0 amide bonds. The lowest BCUT2D eigenvalue weighted by Crippen LogP contribution is -2.26. The molecule has 14 heavy (non-hydrogen) atoms. The van der Waals surface area contributed by atoms with E-state index in [0.717, 1.165) is 37.4 Å². The molecular weight excluding hydrogens is 178 g/mol. The molecular formula is C11H15NO2. The van der Waals surface area contributed by atoms with Crippen LogP contribution in [0, 0.1) is 6.92 Å². The zero-order valence-electron chi connectivity index (χ0n) is 8.40. The van der Waals surface area contributed by atoms with E-state index in [-0.39, 0.29) is 0 Å². The molecule has 0 saturated carbocycles. The lowest BCUT2D eigenvalue weighted by Gasteiger charge is -2.23. The van der Waals surface area contributed by atoms with Gasteiger partial charge in [0.1, 0.15) is 11.9 Å². The van der Waals surface area contributed by atoms with E-state index in [2.05, 4.69) is 4.98 Å². The van der Waals surface area contributed by atoms with Gasteiger partial charge in [-0.3, -0.25) is 4.98 Å². The summed E-state index contributed by atoms with van der Waals surface area (Å²) in [5.74, 6) is 0.902. The summed E-state index contributed by atoms with van der Waals surface area (Å²) in [6.07, 6.45) is 5.83. The van der Waals surface area contributed by atoms with Gasteiger partial charge in [-0.05, 0) is 18.6 Å². The molecule has 1 fully saturated rings. The van der Waals surface area contributed by atoms with Crippen LogP contribution in [0.25, 0.3) is 0 Å². The monoisotopic (exact) mass is 193 g/mol.